The topological polar surface area (TPSA) is 54.7 Å². The van der Waals surface area contributed by atoms with E-state index >= 15 is 0 Å². The molecule has 1 aromatic heterocycles. The summed E-state index contributed by atoms with van der Waals surface area (Å²) in [5.74, 6) is -2.48. The van der Waals surface area contributed by atoms with E-state index < -0.39 is 17.6 Å². The third kappa shape index (κ3) is 4.15. The number of esters is 1. The smallest absolute Gasteiger partial charge is 0.326 e. The summed E-state index contributed by atoms with van der Waals surface area (Å²) in [4.78, 5) is 14.5. The summed E-state index contributed by atoms with van der Waals surface area (Å²) < 4.78 is 48.3. The first kappa shape index (κ1) is 21.3. The Bertz CT molecular complexity index is 1160. The molecule has 0 amide bonds. The van der Waals surface area contributed by atoms with Gasteiger partial charge in [0.1, 0.15) is 35.6 Å². The fraction of sp³-hybridized carbons (Fsp3) is 0.273. The summed E-state index contributed by atoms with van der Waals surface area (Å²) in [6.07, 6.45) is 0.439. The number of aromatic nitrogens is 1. The predicted molar refractivity (Wildman–Crippen MR) is 112 cm³/mol. The van der Waals surface area contributed by atoms with E-state index in [-0.39, 0.29) is 36.5 Å². The van der Waals surface area contributed by atoms with Crippen LogP contribution < -0.4 is 0 Å². The van der Waals surface area contributed by atoms with Gasteiger partial charge in [-0.1, -0.05) is 24.4 Å². The number of fused-ring (bicyclic) bond motifs is 3. The lowest BCUT2D eigenvalue weighted by atomic mass is 10.0. The molecule has 0 saturated carbocycles. The van der Waals surface area contributed by atoms with E-state index in [9.17, 15) is 18.0 Å². The Morgan fingerprint density at radius 2 is 1.87 bits per heavy atom. The third-order valence-corrected chi connectivity index (χ3v) is 5.68. The average Bonchev–Trinajstić information content (AvgIpc) is 3.04. The quantitative estimate of drug-likeness (QED) is 0.463. The van der Waals surface area contributed by atoms with Gasteiger partial charge in [-0.25, -0.2) is 13.2 Å². The Morgan fingerprint density at radius 3 is 2.58 bits per heavy atom. The minimum Gasteiger partial charge on any atom is -0.462 e. The highest BCUT2D eigenvalue weighted by molar-refractivity contribution is 7.80. The molecule has 0 spiro atoms. The monoisotopic (exact) mass is 448 g/mol. The molecule has 1 N–H and O–H groups in total. The second-order valence-electron chi connectivity index (χ2n) is 7.24. The van der Waals surface area contributed by atoms with Gasteiger partial charge in [0, 0.05) is 24.5 Å². The predicted octanol–water partition coefficient (Wildman–Crippen LogP) is 3.33. The van der Waals surface area contributed by atoms with Crippen LogP contribution in [0.5, 0.6) is 0 Å². The Balaban J connectivity index is 1.76. The fourth-order valence-electron chi connectivity index (χ4n) is 3.92. The zero-order chi connectivity index (χ0) is 22.1. The Hall–Kier alpha value is -2.91. The lowest BCUT2D eigenvalue weighted by Gasteiger charge is -2.31. The first-order chi connectivity index (χ1) is 14.9. The van der Waals surface area contributed by atoms with Gasteiger partial charge in [0.05, 0.1) is 17.8 Å². The van der Waals surface area contributed by atoms with E-state index in [2.05, 4.69) is 0 Å². The highest BCUT2D eigenvalue weighted by Gasteiger charge is 2.31. The van der Waals surface area contributed by atoms with Crippen molar-refractivity contribution in [2.24, 2.45) is 0 Å². The molecule has 0 unspecified atom stereocenters. The Labute approximate surface area is 181 Å². The first-order valence-corrected chi connectivity index (χ1v) is 10.1. The van der Waals surface area contributed by atoms with Crippen LogP contribution in [-0.2, 0) is 29.0 Å². The van der Waals surface area contributed by atoms with E-state index in [4.69, 9.17) is 22.1 Å². The molecule has 31 heavy (non-hydrogen) atoms. The van der Waals surface area contributed by atoms with Crippen LogP contribution in [0.2, 0.25) is 0 Å². The Kier molecular flexibility index (Phi) is 5.97. The molecular weight excluding hydrogens is 429 g/mol. The maximum absolute atomic E-state index is 14.7. The number of aliphatic hydroxyl groups excluding tert-OH is 1. The molecule has 3 aromatic rings. The van der Waals surface area contributed by atoms with Gasteiger partial charge in [-0.15, -0.1) is 0 Å². The summed E-state index contributed by atoms with van der Waals surface area (Å²) in [6.45, 7) is 0.0900. The van der Waals surface area contributed by atoms with Crippen molar-refractivity contribution in [1.82, 2.24) is 9.47 Å². The van der Waals surface area contributed by atoms with Crippen molar-refractivity contribution in [3.63, 3.8) is 0 Å². The second-order valence-corrected chi connectivity index (χ2v) is 7.63. The van der Waals surface area contributed by atoms with Gasteiger partial charge in [0.25, 0.3) is 0 Å². The number of hydrogen-bond donors (Lipinski definition) is 1. The van der Waals surface area contributed by atoms with Crippen LogP contribution >= 0.6 is 12.2 Å². The molecule has 4 rings (SSSR count). The SMILES string of the molecule is O=C(Cn1c2c(c3c(F)cc(F)cc31)CCN(Cc1ccc(F)cc1)C2=S)OCCO. The number of aliphatic hydroxyl groups is 1. The number of nitrogens with zero attached hydrogens (tertiary/aromatic N) is 2. The number of carbonyl (C=O) groups is 1. The average molecular weight is 448 g/mol. The molecule has 162 valence electrons. The minimum absolute atomic E-state index is 0.177. The van der Waals surface area contributed by atoms with Gasteiger partial charge < -0.3 is 19.3 Å². The lowest BCUT2D eigenvalue weighted by Crippen LogP contribution is -2.38. The van der Waals surface area contributed by atoms with Gasteiger partial charge in [-0.2, -0.15) is 0 Å². The molecule has 0 atom stereocenters. The van der Waals surface area contributed by atoms with Crippen molar-refractivity contribution < 1.29 is 27.8 Å². The lowest BCUT2D eigenvalue weighted by molar-refractivity contribution is -0.145. The van der Waals surface area contributed by atoms with Gasteiger partial charge >= 0.3 is 5.97 Å². The normalized spacial score (nSPS) is 13.5. The highest BCUT2D eigenvalue weighted by Crippen LogP contribution is 2.34. The number of hydrogen-bond acceptors (Lipinski definition) is 4. The van der Waals surface area contributed by atoms with Crippen LogP contribution in [0, 0.1) is 17.5 Å². The van der Waals surface area contributed by atoms with Gasteiger partial charge in [-0.05, 0) is 35.7 Å². The van der Waals surface area contributed by atoms with Crippen LogP contribution in [0.3, 0.4) is 0 Å². The van der Waals surface area contributed by atoms with Crippen LogP contribution in [0.15, 0.2) is 36.4 Å². The second kappa shape index (κ2) is 8.68. The molecule has 9 heteroatoms. The van der Waals surface area contributed by atoms with Crippen molar-refractivity contribution in [1.29, 1.82) is 0 Å². The molecule has 0 fully saturated rings. The number of carbonyl (C=O) groups excluding carboxylic acids is 1. The number of thiocarbonyl (C=S) groups is 1. The minimum atomic E-state index is -0.765. The molecule has 5 nitrogen and oxygen atoms in total. The summed E-state index contributed by atoms with van der Waals surface area (Å²) in [5, 5.41) is 9.11. The van der Waals surface area contributed by atoms with E-state index in [0.717, 1.165) is 11.6 Å². The van der Waals surface area contributed by atoms with Crippen molar-refractivity contribution in [2.75, 3.05) is 19.8 Å². The van der Waals surface area contributed by atoms with Gasteiger partial charge in [-0.3, -0.25) is 4.79 Å². The molecule has 1 aliphatic heterocycles. The maximum atomic E-state index is 14.7. The van der Waals surface area contributed by atoms with Crippen molar-refractivity contribution >= 4 is 34.1 Å². The molecule has 0 saturated heterocycles. The molecule has 0 aliphatic carbocycles. The standard InChI is InChI=1S/C22H19F3N2O3S/c23-14-3-1-13(2-4-14)11-26-6-5-16-20-17(25)9-15(24)10-18(20)27(21(16)22(26)31)12-19(29)30-8-7-28/h1-4,9-10,28H,5-8,11-12H2. The van der Waals surface area contributed by atoms with Crippen molar-refractivity contribution in [2.45, 2.75) is 19.5 Å². The summed E-state index contributed by atoms with van der Waals surface area (Å²) in [7, 11) is 0. The maximum Gasteiger partial charge on any atom is 0.326 e. The summed E-state index contributed by atoms with van der Waals surface area (Å²) >= 11 is 5.67. The van der Waals surface area contributed by atoms with Crippen LogP contribution in [0.4, 0.5) is 13.2 Å². The van der Waals surface area contributed by atoms with E-state index in [0.29, 0.717) is 35.8 Å². The fourth-order valence-corrected chi connectivity index (χ4v) is 4.31. The number of halogens is 3. The molecular formula is C22H19F3N2O3S. The molecule has 0 radical (unpaired) electrons. The van der Waals surface area contributed by atoms with Crippen molar-refractivity contribution in [3.05, 3.63) is 70.7 Å². The number of benzene rings is 2. The van der Waals surface area contributed by atoms with Crippen LogP contribution in [-0.4, -0.2) is 45.3 Å². The third-order valence-electron chi connectivity index (χ3n) is 5.23. The molecule has 2 heterocycles. The number of ether oxygens (including phenoxy) is 1. The van der Waals surface area contributed by atoms with Gasteiger partial charge in [0.2, 0.25) is 0 Å². The first-order valence-electron chi connectivity index (χ1n) is 9.69. The van der Waals surface area contributed by atoms with E-state index in [1.54, 1.807) is 12.1 Å². The summed E-state index contributed by atoms with van der Waals surface area (Å²) in [6, 6.07) is 8.02. The van der Waals surface area contributed by atoms with Crippen molar-refractivity contribution in [3.8, 4) is 0 Å². The summed E-state index contributed by atoms with van der Waals surface area (Å²) in [5.41, 5.74) is 2.13. The Morgan fingerprint density at radius 1 is 1.13 bits per heavy atom. The molecule has 1 aliphatic rings. The highest BCUT2D eigenvalue weighted by atomic mass is 32.1. The van der Waals surface area contributed by atoms with E-state index in [1.165, 1.54) is 22.8 Å². The number of rotatable bonds is 6. The molecule has 0 bridgehead atoms. The molecule has 2 aromatic carbocycles. The van der Waals surface area contributed by atoms with E-state index in [1.807, 2.05) is 4.90 Å². The largest absolute Gasteiger partial charge is 0.462 e. The van der Waals surface area contributed by atoms with Crippen LogP contribution in [0.25, 0.3) is 10.9 Å². The van der Waals surface area contributed by atoms with Crippen LogP contribution in [0.1, 0.15) is 16.8 Å². The zero-order valence-corrected chi connectivity index (χ0v) is 17.2. The zero-order valence-electron chi connectivity index (χ0n) is 16.4. The van der Waals surface area contributed by atoms with Gasteiger partial charge in [0.15, 0.2) is 0 Å².